The smallest absolute Gasteiger partial charge is 0.191 e. The summed E-state index contributed by atoms with van der Waals surface area (Å²) in [7, 11) is 1.78. The number of hydrogen-bond donors (Lipinski definition) is 2. The second-order valence-electron chi connectivity index (χ2n) is 5.89. The highest BCUT2D eigenvalue weighted by atomic mass is 15.2. The van der Waals surface area contributed by atoms with Gasteiger partial charge in [-0.1, -0.05) is 35.9 Å². The van der Waals surface area contributed by atoms with Crippen LogP contribution in [0.1, 0.15) is 22.5 Å². The average molecular weight is 321 g/mol. The minimum absolute atomic E-state index is 0.634. The summed E-state index contributed by atoms with van der Waals surface area (Å²) in [6, 6.07) is 14.6. The van der Waals surface area contributed by atoms with E-state index in [1.807, 2.05) is 12.1 Å². The Balaban J connectivity index is 1.59. The first-order valence-corrected chi connectivity index (χ1v) is 8.09. The van der Waals surface area contributed by atoms with Crippen LogP contribution in [0.25, 0.3) is 5.65 Å². The van der Waals surface area contributed by atoms with Gasteiger partial charge < -0.3 is 15.0 Å². The number of rotatable bonds is 4. The molecule has 2 heterocycles. The van der Waals surface area contributed by atoms with E-state index in [4.69, 9.17) is 0 Å². The molecule has 2 N–H and O–H groups in total. The number of fused-ring (bicyclic) bond motifs is 1. The molecule has 0 radical (unpaired) electrons. The Hall–Kier alpha value is -2.82. The highest BCUT2D eigenvalue weighted by Crippen LogP contribution is 2.08. The largest absolute Gasteiger partial charge is 0.352 e. The van der Waals surface area contributed by atoms with Crippen LogP contribution in [0.15, 0.2) is 53.7 Å². The van der Waals surface area contributed by atoms with Gasteiger partial charge in [-0.15, -0.1) is 0 Å². The number of guanidine groups is 1. The van der Waals surface area contributed by atoms with Crippen LogP contribution in [0.5, 0.6) is 0 Å². The second kappa shape index (κ2) is 7.17. The van der Waals surface area contributed by atoms with E-state index in [-0.39, 0.29) is 0 Å². The molecule has 0 aliphatic carbocycles. The van der Waals surface area contributed by atoms with Crippen LogP contribution in [0.2, 0.25) is 0 Å². The highest BCUT2D eigenvalue weighted by Gasteiger charge is 2.04. The third-order valence-electron chi connectivity index (χ3n) is 3.99. The molecule has 0 saturated heterocycles. The number of aryl methyl sites for hydroxylation is 2. The predicted octanol–water partition coefficient (Wildman–Crippen LogP) is 2.82. The summed E-state index contributed by atoms with van der Waals surface area (Å²) in [5.41, 5.74) is 5.63. The monoisotopic (exact) mass is 321 g/mol. The summed E-state index contributed by atoms with van der Waals surface area (Å²) >= 11 is 0. The van der Waals surface area contributed by atoms with Crippen molar-refractivity contribution in [2.45, 2.75) is 26.9 Å². The molecule has 0 bridgehead atoms. The third kappa shape index (κ3) is 3.74. The maximum atomic E-state index is 4.63. The summed E-state index contributed by atoms with van der Waals surface area (Å²) in [5.74, 6) is 0.768. The van der Waals surface area contributed by atoms with E-state index in [9.17, 15) is 0 Å². The zero-order chi connectivity index (χ0) is 16.9. The zero-order valence-electron chi connectivity index (χ0n) is 14.4. The van der Waals surface area contributed by atoms with Gasteiger partial charge in [0.1, 0.15) is 5.65 Å². The summed E-state index contributed by atoms with van der Waals surface area (Å²) in [6.45, 7) is 5.54. The molecule has 1 aromatic carbocycles. The Morgan fingerprint density at radius 1 is 1.04 bits per heavy atom. The van der Waals surface area contributed by atoms with E-state index in [2.05, 4.69) is 75.4 Å². The van der Waals surface area contributed by atoms with Crippen LogP contribution in [-0.2, 0) is 13.1 Å². The van der Waals surface area contributed by atoms with Gasteiger partial charge in [-0.2, -0.15) is 0 Å². The molecular formula is C19H23N5. The van der Waals surface area contributed by atoms with Crippen molar-refractivity contribution in [2.75, 3.05) is 7.05 Å². The fourth-order valence-corrected chi connectivity index (χ4v) is 2.57. The molecular weight excluding hydrogens is 298 g/mol. The van der Waals surface area contributed by atoms with Gasteiger partial charge >= 0.3 is 0 Å². The maximum absolute atomic E-state index is 4.63. The van der Waals surface area contributed by atoms with Crippen molar-refractivity contribution in [1.82, 2.24) is 20.0 Å². The van der Waals surface area contributed by atoms with Gasteiger partial charge in [-0.25, -0.2) is 4.98 Å². The number of aliphatic imine (C=N–C) groups is 1. The standard InChI is InChI=1S/C19H23N5/c1-14-7-9-16(10-8-14)11-21-19(20-3)22-12-17-13-24-15(2)5-4-6-18(24)23-17/h4-10,13H,11-12H2,1-3H3,(H2,20,21,22). The lowest BCUT2D eigenvalue weighted by atomic mass is 10.1. The first kappa shape index (κ1) is 16.1. The molecule has 0 unspecified atom stereocenters. The molecule has 5 heteroatoms. The van der Waals surface area contributed by atoms with Crippen LogP contribution in [0, 0.1) is 13.8 Å². The number of benzene rings is 1. The Morgan fingerprint density at radius 3 is 2.50 bits per heavy atom. The minimum Gasteiger partial charge on any atom is -0.352 e. The van der Waals surface area contributed by atoms with Crippen LogP contribution in [-0.4, -0.2) is 22.4 Å². The van der Waals surface area contributed by atoms with Gasteiger partial charge in [0.2, 0.25) is 0 Å². The van der Waals surface area contributed by atoms with Gasteiger partial charge in [0.25, 0.3) is 0 Å². The topological polar surface area (TPSA) is 53.7 Å². The number of imidazole rings is 1. The summed E-state index contributed by atoms with van der Waals surface area (Å²) < 4.78 is 2.10. The lowest BCUT2D eigenvalue weighted by Gasteiger charge is -2.11. The molecule has 5 nitrogen and oxygen atoms in total. The average Bonchev–Trinajstić information content (AvgIpc) is 3.01. The van der Waals surface area contributed by atoms with E-state index in [0.717, 1.165) is 23.8 Å². The van der Waals surface area contributed by atoms with Crippen LogP contribution >= 0.6 is 0 Å². The Bertz CT molecular complexity index is 846. The van der Waals surface area contributed by atoms with Gasteiger partial charge in [-0.05, 0) is 31.5 Å². The Labute approximate surface area is 142 Å². The first-order chi connectivity index (χ1) is 11.7. The van der Waals surface area contributed by atoms with Gasteiger partial charge in [0.05, 0.1) is 12.2 Å². The molecule has 0 atom stereocenters. The van der Waals surface area contributed by atoms with Crippen molar-refractivity contribution in [3.8, 4) is 0 Å². The van der Waals surface area contributed by atoms with Crippen LogP contribution in [0.4, 0.5) is 0 Å². The van der Waals surface area contributed by atoms with E-state index in [0.29, 0.717) is 6.54 Å². The van der Waals surface area contributed by atoms with Crippen LogP contribution < -0.4 is 10.6 Å². The number of nitrogens with zero attached hydrogens (tertiary/aromatic N) is 3. The molecule has 3 aromatic rings. The molecule has 24 heavy (non-hydrogen) atoms. The molecule has 124 valence electrons. The lowest BCUT2D eigenvalue weighted by Crippen LogP contribution is -2.36. The summed E-state index contributed by atoms with van der Waals surface area (Å²) in [6.07, 6.45) is 2.06. The fourth-order valence-electron chi connectivity index (χ4n) is 2.57. The quantitative estimate of drug-likeness (QED) is 0.574. The Kier molecular flexibility index (Phi) is 4.79. The molecule has 2 aromatic heterocycles. The summed E-state index contributed by atoms with van der Waals surface area (Å²) in [4.78, 5) is 8.89. The number of hydrogen-bond acceptors (Lipinski definition) is 2. The number of pyridine rings is 1. The normalized spacial score (nSPS) is 11.7. The van der Waals surface area contributed by atoms with E-state index >= 15 is 0 Å². The molecule has 0 amide bonds. The molecule has 0 aliphatic heterocycles. The molecule has 0 spiro atoms. The third-order valence-corrected chi connectivity index (χ3v) is 3.99. The zero-order valence-corrected chi connectivity index (χ0v) is 14.4. The summed E-state index contributed by atoms with van der Waals surface area (Å²) in [5, 5.41) is 6.64. The number of nitrogens with one attached hydrogen (secondary N) is 2. The SMILES string of the molecule is CN=C(NCc1ccc(C)cc1)NCc1cn2c(C)cccc2n1. The lowest BCUT2D eigenvalue weighted by molar-refractivity contribution is 0.798. The first-order valence-electron chi connectivity index (χ1n) is 8.09. The van der Waals surface area contributed by atoms with Crippen molar-refractivity contribution in [3.05, 3.63) is 71.2 Å². The Morgan fingerprint density at radius 2 is 1.79 bits per heavy atom. The van der Waals surface area contributed by atoms with Crippen molar-refractivity contribution in [2.24, 2.45) is 4.99 Å². The highest BCUT2D eigenvalue weighted by molar-refractivity contribution is 5.79. The van der Waals surface area contributed by atoms with Crippen molar-refractivity contribution >= 4 is 11.6 Å². The van der Waals surface area contributed by atoms with E-state index in [1.165, 1.54) is 16.8 Å². The van der Waals surface area contributed by atoms with Gasteiger partial charge in [-0.3, -0.25) is 4.99 Å². The van der Waals surface area contributed by atoms with Gasteiger partial charge in [0.15, 0.2) is 5.96 Å². The van der Waals surface area contributed by atoms with Gasteiger partial charge in [0, 0.05) is 25.5 Å². The van der Waals surface area contributed by atoms with Crippen molar-refractivity contribution in [1.29, 1.82) is 0 Å². The van der Waals surface area contributed by atoms with E-state index < -0.39 is 0 Å². The van der Waals surface area contributed by atoms with E-state index in [1.54, 1.807) is 7.05 Å². The second-order valence-corrected chi connectivity index (χ2v) is 5.89. The van der Waals surface area contributed by atoms with Crippen LogP contribution in [0.3, 0.4) is 0 Å². The van der Waals surface area contributed by atoms with Crippen molar-refractivity contribution < 1.29 is 0 Å². The van der Waals surface area contributed by atoms with Crippen molar-refractivity contribution in [3.63, 3.8) is 0 Å². The number of aromatic nitrogens is 2. The molecule has 0 fully saturated rings. The fraction of sp³-hybridized carbons (Fsp3) is 0.263. The minimum atomic E-state index is 0.634. The molecule has 0 saturated carbocycles. The molecule has 0 aliphatic rings. The predicted molar refractivity (Wildman–Crippen MR) is 98.1 cm³/mol. The molecule has 3 rings (SSSR count). The maximum Gasteiger partial charge on any atom is 0.191 e.